The van der Waals surface area contributed by atoms with Crippen LogP contribution in [0.3, 0.4) is 0 Å². The van der Waals surface area contributed by atoms with Crippen molar-refractivity contribution in [1.82, 2.24) is 10.6 Å². The number of amides is 1. The van der Waals surface area contributed by atoms with Crippen molar-refractivity contribution in [2.24, 2.45) is 0 Å². The lowest BCUT2D eigenvalue weighted by atomic mass is 10.2. The summed E-state index contributed by atoms with van der Waals surface area (Å²) in [5.74, 6) is -0.525. The summed E-state index contributed by atoms with van der Waals surface area (Å²) in [7, 11) is 0. The van der Waals surface area contributed by atoms with Gasteiger partial charge in [0.15, 0.2) is 5.11 Å². The number of carbonyl (C=O) groups excluding carboxylic acids is 2. The highest BCUT2D eigenvalue weighted by atomic mass is 32.1. The summed E-state index contributed by atoms with van der Waals surface area (Å²) in [6.45, 7) is 5.53. The van der Waals surface area contributed by atoms with Crippen LogP contribution in [0.4, 0.5) is 0 Å². The minimum atomic E-state index is -0.345. The van der Waals surface area contributed by atoms with Crippen LogP contribution in [0.1, 0.15) is 32.6 Å². The molecule has 1 heterocycles. The number of unbranched alkanes of at least 4 members (excludes halogenated alkanes) is 3. The van der Waals surface area contributed by atoms with Gasteiger partial charge in [-0.3, -0.25) is 10.1 Å². The van der Waals surface area contributed by atoms with Crippen LogP contribution in [-0.4, -0.2) is 23.6 Å². The van der Waals surface area contributed by atoms with Crippen molar-refractivity contribution in [3.63, 3.8) is 0 Å². The quantitative estimate of drug-likeness (QED) is 0.321. The summed E-state index contributed by atoms with van der Waals surface area (Å²) < 4.78 is 4.97. The Morgan fingerprint density at radius 1 is 1.37 bits per heavy atom. The van der Waals surface area contributed by atoms with E-state index in [2.05, 4.69) is 17.2 Å². The fourth-order valence-corrected chi connectivity index (χ4v) is 1.68. The second-order valence-electron chi connectivity index (χ2n) is 4.29. The molecular formula is C13H18N2O3S. The van der Waals surface area contributed by atoms with Crippen LogP contribution in [0.5, 0.6) is 0 Å². The van der Waals surface area contributed by atoms with Gasteiger partial charge < -0.3 is 10.1 Å². The van der Waals surface area contributed by atoms with Crippen molar-refractivity contribution >= 4 is 29.2 Å². The van der Waals surface area contributed by atoms with Crippen LogP contribution in [0.25, 0.3) is 0 Å². The summed E-state index contributed by atoms with van der Waals surface area (Å²) >= 11 is 4.82. The second-order valence-corrected chi connectivity index (χ2v) is 4.70. The number of ether oxygens (including phenoxy) is 1. The van der Waals surface area contributed by atoms with Gasteiger partial charge in [-0.2, -0.15) is 0 Å². The topological polar surface area (TPSA) is 67.4 Å². The predicted molar refractivity (Wildman–Crippen MR) is 76.2 cm³/mol. The third kappa shape index (κ3) is 5.65. The molecule has 1 amide bonds. The SMILES string of the molecule is C=C(C)C(=O)OCCCCCC=C1NC(=S)NC1=O. The van der Waals surface area contributed by atoms with E-state index in [1.165, 1.54) is 0 Å². The molecule has 0 aromatic heterocycles. The van der Waals surface area contributed by atoms with Gasteiger partial charge >= 0.3 is 5.97 Å². The third-order valence-electron chi connectivity index (χ3n) is 2.50. The Balaban J connectivity index is 2.07. The van der Waals surface area contributed by atoms with E-state index < -0.39 is 0 Å². The van der Waals surface area contributed by atoms with Crippen LogP contribution in [0.15, 0.2) is 23.9 Å². The molecule has 0 aromatic rings. The number of esters is 1. The normalized spacial score (nSPS) is 16.2. The van der Waals surface area contributed by atoms with Crippen molar-refractivity contribution in [1.29, 1.82) is 0 Å². The Bertz CT molecular complexity index is 430. The summed E-state index contributed by atoms with van der Waals surface area (Å²) in [6.07, 6.45) is 5.27. The molecule has 0 bridgehead atoms. The standard InChI is InChI=1S/C13H18N2O3S/c1-9(2)12(17)18-8-6-4-3-5-7-10-11(16)15-13(19)14-10/h7H,1,3-6,8H2,2H3,(H2,14,15,16,19). The van der Waals surface area contributed by atoms with E-state index in [0.717, 1.165) is 25.7 Å². The van der Waals surface area contributed by atoms with Crippen molar-refractivity contribution in [2.75, 3.05) is 6.61 Å². The van der Waals surface area contributed by atoms with E-state index in [4.69, 9.17) is 17.0 Å². The average Bonchev–Trinajstić information content (AvgIpc) is 2.66. The first-order valence-electron chi connectivity index (χ1n) is 6.16. The summed E-state index contributed by atoms with van der Waals surface area (Å²) in [4.78, 5) is 22.4. The number of allylic oxidation sites excluding steroid dienone is 1. The molecule has 0 saturated carbocycles. The summed E-state index contributed by atoms with van der Waals surface area (Å²) in [5.41, 5.74) is 0.928. The van der Waals surface area contributed by atoms with Gasteiger partial charge in [0.2, 0.25) is 0 Å². The summed E-state index contributed by atoms with van der Waals surface area (Å²) in [5, 5.41) is 5.63. The zero-order valence-corrected chi connectivity index (χ0v) is 11.8. The molecule has 0 spiro atoms. The Kier molecular flexibility index (Phi) is 6.21. The van der Waals surface area contributed by atoms with Crippen molar-refractivity contribution in [3.8, 4) is 0 Å². The zero-order valence-electron chi connectivity index (χ0n) is 11.0. The minimum absolute atomic E-state index is 0.180. The van der Waals surface area contributed by atoms with Gasteiger partial charge in [-0.25, -0.2) is 4.79 Å². The summed E-state index contributed by atoms with van der Waals surface area (Å²) in [6, 6.07) is 0. The highest BCUT2D eigenvalue weighted by Crippen LogP contribution is 2.06. The molecule has 1 rings (SSSR count). The maximum absolute atomic E-state index is 11.3. The average molecular weight is 282 g/mol. The van der Waals surface area contributed by atoms with Gasteiger partial charge in [-0.05, 0) is 44.8 Å². The second kappa shape index (κ2) is 7.68. The lowest BCUT2D eigenvalue weighted by molar-refractivity contribution is -0.139. The van der Waals surface area contributed by atoms with E-state index in [0.29, 0.717) is 23.0 Å². The molecule has 1 fully saturated rings. The maximum Gasteiger partial charge on any atom is 0.333 e. The fourth-order valence-electron chi connectivity index (χ4n) is 1.48. The first-order valence-corrected chi connectivity index (χ1v) is 6.56. The van der Waals surface area contributed by atoms with Gasteiger partial charge in [0.05, 0.1) is 6.61 Å². The largest absolute Gasteiger partial charge is 0.462 e. The van der Waals surface area contributed by atoms with Gasteiger partial charge in [-0.1, -0.05) is 12.7 Å². The highest BCUT2D eigenvalue weighted by molar-refractivity contribution is 7.80. The molecule has 2 N–H and O–H groups in total. The Labute approximate surface area is 118 Å². The van der Waals surface area contributed by atoms with Crippen molar-refractivity contribution in [2.45, 2.75) is 32.6 Å². The number of nitrogens with one attached hydrogen (secondary N) is 2. The maximum atomic E-state index is 11.3. The Hall–Kier alpha value is -1.69. The Morgan fingerprint density at radius 2 is 2.11 bits per heavy atom. The van der Waals surface area contributed by atoms with E-state index in [1.807, 2.05) is 6.08 Å². The molecule has 1 aliphatic rings. The molecule has 0 aromatic carbocycles. The van der Waals surface area contributed by atoms with Gasteiger partial charge in [0, 0.05) is 5.57 Å². The zero-order chi connectivity index (χ0) is 14.3. The molecular weight excluding hydrogens is 264 g/mol. The molecule has 1 saturated heterocycles. The molecule has 0 unspecified atom stereocenters. The molecule has 0 atom stereocenters. The minimum Gasteiger partial charge on any atom is -0.462 e. The van der Waals surface area contributed by atoms with Crippen LogP contribution in [-0.2, 0) is 14.3 Å². The number of thiocarbonyl (C=S) groups is 1. The van der Waals surface area contributed by atoms with E-state index >= 15 is 0 Å². The van der Waals surface area contributed by atoms with E-state index in [1.54, 1.807) is 6.92 Å². The first kappa shape index (κ1) is 15.4. The third-order valence-corrected chi connectivity index (χ3v) is 2.70. The van der Waals surface area contributed by atoms with Crippen LogP contribution in [0.2, 0.25) is 0 Å². The monoisotopic (exact) mass is 282 g/mol. The van der Waals surface area contributed by atoms with Crippen LogP contribution >= 0.6 is 12.2 Å². The smallest absolute Gasteiger partial charge is 0.333 e. The van der Waals surface area contributed by atoms with Crippen LogP contribution in [0, 0.1) is 0 Å². The molecule has 0 radical (unpaired) electrons. The lowest BCUT2D eigenvalue weighted by Crippen LogP contribution is -2.21. The van der Waals surface area contributed by atoms with Gasteiger partial charge in [0.25, 0.3) is 5.91 Å². The Morgan fingerprint density at radius 3 is 2.68 bits per heavy atom. The van der Waals surface area contributed by atoms with E-state index in [9.17, 15) is 9.59 Å². The molecule has 0 aliphatic carbocycles. The van der Waals surface area contributed by atoms with Crippen molar-refractivity contribution in [3.05, 3.63) is 23.9 Å². The van der Waals surface area contributed by atoms with Crippen LogP contribution < -0.4 is 10.6 Å². The molecule has 5 nitrogen and oxygen atoms in total. The number of carbonyl (C=O) groups is 2. The highest BCUT2D eigenvalue weighted by Gasteiger charge is 2.18. The van der Waals surface area contributed by atoms with E-state index in [-0.39, 0.29) is 11.9 Å². The predicted octanol–water partition coefficient (Wildman–Crippen LogP) is 1.55. The van der Waals surface area contributed by atoms with Crippen molar-refractivity contribution < 1.29 is 14.3 Å². The van der Waals surface area contributed by atoms with Gasteiger partial charge in [0.1, 0.15) is 5.70 Å². The van der Waals surface area contributed by atoms with Gasteiger partial charge in [-0.15, -0.1) is 0 Å². The number of hydrogen-bond donors (Lipinski definition) is 2. The molecule has 104 valence electrons. The first-order chi connectivity index (χ1) is 9.00. The molecule has 6 heteroatoms. The fraction of sp³-hybridized carbons (Fsp3) is 0.462. The lowest BCUT2D eigenvalue weighted by Gasteiger charge is -2.03. The number of hydrogen-bond acceptors (Lipinski definition) is 4. The molecule has 1 aliphatic heterocycles. The number of rotatable bonds is 7. The molecule has 19 heavy (non-hydrogen) atoms.